The van der Waals surface area contributed by atoms with E-state index in [-0.39, 0.29) is 6.04 Å². The third-order valence-corrected chi connectivity index (χ3v) is 3.65. The van der Waals surface area contributed by atoms with Gasteiger partial charge in [-0.3, -0.25) is 0 Å². The minimum absolute atomic E-state index is 0.161. The molecule has 1 fully saturated rings. The minimum atomic E-state index is 0.161. The summed E-state index contributed by atoms with van der Waals surface area (Å²) in [6.45, 7) is 4.68. The summed E-state index contributed by atoms with van der Waals surface area (Å²) in [5.41, 5.74) is 7.43. The maximum absolute atomic E-state index is 6.28. The summed E-state index contributed by atoms with van der Waals surface area (Å²) >= 11 is 0. The van der Waals surface area contributed by atoms with E-state index in [1.807, 2.05) is 6.07 Å². The average Bonchev–Trinajstić information content (AvgIpc) is 2.67. The normalized spacial score (nSPS) is 33.9. The quantitative estimate of drug-likeness (QED) is 0.807. The van der Waals surface area contributed by atoms with Crippen molar-refractivity contribution < 1.29 is 4.42 Å². The Labute approximate surface area is 91.8 Å². The van der Waals surface area contributed by atoms with Crippen LogP contribution in [-0.2, 0) is 0 Å². The summed E-state index contributed by atoms with van der Waals surface area (Å²) in [4.78, 5) is 0. The van der Waals surface area contributed by atoms with Crippen LogP contribution in [0.5, 0.6) is 0 Å². The first-order valence-corrected chi connectivity index (χ1v) is 5.94. The lowest BCUT2D eigenvalue weighted by Gasteiger charge is -2.34. The Morgan fingerprint density at radius 1 is 1.27 bits per heavy atom. The van der Waals surface area contributed by atoms with E-state index < -0.39 is 0 Å². The molecule has 1 aliphatic carbocycles. The van der Waals surface area contributed by atoms with E-state index in [1.165, 1.54) is 19.3 Å². The van der Waals surface area contributed by atoms with Crippen LogP contribution in [0, 0.1) is 17.8 Å². The Kier molecular flexibility index (Phi) is 3.15. The van der Waals surface area contributed by atoms with E-state index >= 15 is 0 Å². The van der Waals surface area contributed by atoms with Crippen LogP contribution in [-0.4, -0.2) is 0 Å². The Bertz CT molecular complexity index is 283. The predicted molar refractivity (Wildman–Crippen MR) is 61.3 cm³/mol. The molecule has 3 unspecified atom stereocenters. The zero-order chi connectivity index (χ0) is 10.8. The van der Waals surface area contributed by atoms with Crippen LogP contribution >= 0.6 is 0 Å². The van der Waals surface area contributed by atoms with Gasteiger partial charge >= 0.3 is 0 Å². The summed E-state index contributed by atoms with van der Waals surface area (Å²) in [5.74, 6) is 2.26. The fourth-order valence-corrected chi connectivity index (χ4v) is 3.04. The lowest BCUT2D eigenvalue weighted by Crippen LogP contribution is -2.29. The maximum atomic E-state index is 6.28. The SMILES string of the molecule is CC1CC(C)CC(C(N)c2ccoc2)C1. The first-order valence-electron chi connectivity index (χ1n) is 5.94. The van der Waals surface area contributed by atoms with Gasteiger partial charge in [-0.05, 0) is 43.1 Å². The lowest BCUT2D eigenvalue weighted by atomic mass is 9.73. The van der Waals surface area contributed by atoms with Crippen LogP contribution < -0.4 is 5.73 Å². The average molecular weight is 207 g/mol. The van der Waals surface area contributed by atoms with Gasteiger partial charge in [0.15, 0.2) is 0 Å². The molecule has 15 heavy (non-hydrogen) atoms. The molecule has 0 aromatic carbocycles. The second kappa shape index (κ2) is 4.40. The smallest absolute Gasteiger partial charge is 0.0950 e. The lowest BCUT2D eigenvalue weighted by molar-refractivity contribution is 0.193. The van der Waals surface area contributed by atoms with E-state index in [2.05, 4.69) is 13.8 Å². The molecule has 2 heteroatoms. The van der Waals surface area contributed by atoms with Crippen molar-refractivity contribution in [1.82, 2.24) is 0 Å². The molecule has 1 saturated carbocycles. The van der Waals surface area contributed by atoms with Crippen LogP contribution in [0.15, 0.2) is 23.0 Å². The van der Waals surface area contributed by atoms with Crippen molar-refractivity contribution >= 4 is 0 Å². The summed E-state index contributed by atoms with van der Waals surface area (Å²) in [6.07, 6.45) is 7.38. The standard InChI is InChI=1S/C13H21NO/c1-9-5-10(2)7-12(6-9)13(14)11-3-4-15-8-11/h3-4,8-10,12-13H,5-7,14H2,1-2H3. The van der Waals surface area contributed by atoms with Crippen LogP contribution in [0.3, 0.4) is 0 Å². The van der Waals surface area contributed by atoms with Crippen molar-refractivity contribution in [3.63, 3.8) is 0 Å². The van der Waals surface area contributed by atoms with E-state index in [4.69, 9.17) is 10.2 Å². The molecular formula is C13H21NO. The summed E-state index contributed by atoms with van der Waals surface area (Å²) in [6, 6.07) is 2.16. The second-order valence-corrected chi connectivity index (χ2v) is 5.26. The molecule has 0 spiro atoms. The molecule has 0 aliphatic heterocycles. The molecule has 0 radical (unpaired) electrons. The van der Waals surface area contributed by atoms with Gasteiger partial charge in [0.2, 0.25) is 0 Å². The molecule has 0 saturated heterocycles. The highest BCUT2D eigenvalue weighted by atomic mass is 16.3. The van der Waals surface area contributed by atoms with Gasteiger partial charge in [-0.2, -0.15) is 0 Å². The van der Waals surface area contributed by atoms with Crippen molar-refractivity contribution in [2.75, 3.05) is 0 Å². The fraction of sp³-hybridized carbons (Fsp3) is 0.692. The molecule has 3 atom stereocenters. The van der Waals surface area contributed by atoms with Crippen molar-refractivity contribution in [2.24, 2.45) is 23.5 Å². The van der Waals surface area contributed by atoms with Gasteiger partial charge < -0.3 is 10.2 Å². The first kappa shape index (κ1) is 10.7. The van der Waals surface area contributed by atoms with Crippen LogP contribution in [0.1, 0.15) is 44.7 Å². The molecule has 2 rings (SSSR count). The van der Waals surface area contributed by atoms with E-state index in [0.717, 1.165) is 17.4 Å². The van der Waals surface area contributed by atoms with Crippen molar-refractivity contribution in [1.29, 1.82) is 0 Å². The van der Waals surface area contributed by atoms with Gasteiger partial charge in [0, 0.05) is 11.6 Å². The Balaban J connectivity index is 2.03. The largest absolute Gasteiger partial charge is 0.472 e. The zero-order valence-electron chi connectivity index (χ0n) is 9.65. The number of hydrogen-bond acceptors (Lipinski definition) is 2. The van der Waals surface area contributed by atoms with E-state index in [1.54, 1.807) is 12.5 Å². The third-order valence-electron chi connectivity index (χ3n) is 3.65. The highest BCUT2D eigenvalue weighted by Crippen LogP contribution is 2.38. The van der Waals surface area contributed by atoms with Gasteiger partial charge in [-0.25, -0.2) is 0 Å². The van der Waals surface area contributed by atoms with Crippen molar-refractivity contribution in [2.45, 2.75) is 39.2 Å². The Morgan fingerprint density at radius 2 is 1.93 bits per heavy atom. The predicted octanol–water partition coefficient (Wildman–Crippen LogP) is 3.35. The molecule has 0 amide bonds. The molecule has 2 nitrogen and oxygen atoms in total. The number of furan rings is 1. The van der Waals surface area contributed by atoms with Gasteiger partial charge in [0.05, 0.1) is 12.5 Å². The molecule has 1 aromatic heterocycles. The topological polar surface area (TPSA) is 39.2 Å². The second-order valence-electron chi connectivity index (χ2n) is 5.26. The van der Waals surface area contributed by atoms with Crippen LogP contribution in [0.25, 0.3) is 0 Å². The van der Waals surface area contributed by atoms with Crippen molar-refractivity contribution in [3.8, 4) is 0 Å². The minimum Gasteiger partial charge on any atom is -0.472 e. The first-order chi connectivity index (χ1) is 7.16. The summed E-state index contributed by atoms with van der Waals surface area (Å²) < 4.78 is 5.10. The molecule has 1 heterocycles. The number of nitrogens with two attached hydrogens (primary N) is 1. The molecule has 2 N–H and O–H groups in total. The third kappa shape index (κ3) is 2.43. The molecule has 84 valence electrons. The summed E-state index contributed by atoms with van der Waals surface area (Å²) in [7, 11) is 0. The van der Waals surface area contributed by atoms with Crippen LogP contribution in [0.4, 0.5) is 0 Å². The summed E-state index contributed by atoms with van der Waals surface area (Å²) in [5, 5.41) is 0. The van der Waals surface area contributed by atoms with Gasteiger partial charge in [0.1, 0.15) is 0 Å². The zero-order valence-corrected chi connectivity index (χ0v) is 9.65. The number of hydrogen-bond donors (Lipinski definition) is 1. The molecule has 1 aliphatic rings. The highest BCUT2D eigenvalue weighted by Gasteiger charge is 2.29. The Hall–Kier alpha value is -0.760. The monoisotopic (exact) mass is 207 g/mol. The molecule has 0 bridgehead atoms. The van der Waals surface area contributed by atoms with E-state index in [9.17, 15) is 0 Å². The molecule has 1 aromatic rings. The fourth-order valence-electron chi connectivity index (χ4n) is 3.04. The van der Waals surface area contributed by atoms with Gasteiger partial charge in [-0.15, -0.1) is 0 Å². The van der Waals surface area contributed by atoms with Gasteiger partial charge in [0.25, 0.3) is 0 Å². The maximum Gasteiger partial charge on any atom is 0.0950 e. The molecular weight excluding hydrogens is 186 g/mol. The Morgan fingerprint density at radius 3 is 2.47 bits per heavy atom. The van der Waals surface area contributed by atoms with Gasteiger partial charge in [-0.1, -0.05) is 13.8 Å². The highest BCUT2D eigenvalue weighted by molar-refractivity contribution is 5.12. The van der Waals surface area contributed by atoms with Crippen LogP contribution in [0.2, 0.25) is 0 Å². The van der Waals surface area contributed by atoms with Crippen molar-refractivity contribution in [3.05, 3.63) is 24.2 Å². The van der Waals surface area contributed by atoms with E-state index in [0.29, 0.717) is 5.92 Å². The number of rotatable bonds is 2.